The maximum Gasteiger partial charge on any atom is 0.296 e. The molecule has 6 nitrogen and oxygen atoms in total. The highest BCUT2D eigenvalue weighted by Gasteiger charge is 2.07. The molecule has 20 heavy (non-hydrogen) atoms. The summed E-state index contributed by atoms with van der Waals surface area (Å²) in [6.45, 7) is 0.0589. The molecule has 0 bridgehead atoms. The Morgan fingerprint density at radius 3 is 2.80 bits per heavy atom. The van der Waals surface area contributed by atoms with E-state index in [0.717, 1.165) is 5.52 Å². The number of amides is 1. The Hall–Kier alpha value is -2.89. The van der Waals surface area contributed by atoms with Gasteiger partial charge in [0.25, 0.3) is 6.01 Å². The largest absolute Gasteiger partial charge is 0.424 e. The van der Waals surface area contributed by atoms with Gasteiger partial charge in [0.1, 0.15) is 11.3 Å². The number of rotatable bonds is 4. The number of para-hydroxylation sites is 2. The van der Waals surface area contributed by atoms with Crippen LogP contribution in [0.4, 0.5) is 11.8 Å². The molecular weight excluding hydrogens is 256 g/mol. The summed E-state index contributed by atoms with van der Waals surface area (Å²) in [4.78, 5) is 19.9. The van der Waals surface area contributed by atoms with Crippen molar-refractivity contribution < 1.29 is 9.21 Å². The number of nitrogens with zero attached hydrogens (tertiary/aromatic N) is 2. The van der Waals surface area contributed by atoms with Gasteiger partial charge in [-0.15, -0.1) is 0 Å². The van der Waals surface area contributed by atoms with Crippen molar-refractivity contribution in [1.82, 2.24) is 9.97 Å². The van der Waals surface area contributed by atoms with Crippen molar-refractivity contribution in [2.24, 2.45) is 0 Å². The quantitative estimate of drug-likeness (QED) is 0.758. The minimum absolute atomic E-state index is 0.0589. The van der Waals surface area contributed by atoms with E-state index in [1.165, 1.54) is 0 Å². The van der Waals surface area contributed by atoms with E-state index in [9.17, 15) is 4.79 Å². The summed E-state index contributed by atoms with van der Waals surface area (Å²) in [6.07, 6.45) is 1.61. The molecule has 0 fully saturated rings. The van der Waals surface area contributed by atoms with Crippen LogP contribution in [-0.2, 0) is 4.79 Å². The van der Waals surface area contributed by atoms with Gasteiger partial charge in [-0.1, -0.05) is 18.2 Å². The lowest BCUT2D eigenvalue weighted by Gasteiger charge is -2.03. The van der Waals surface area contributed by atoms with Gasteiger partial charge in [-0.3, -0.25) is 4.79 Å². The van der Waals surface area contributed by atoms with E-state index in [-0.39, 0.29) is 12.5 Å². The number of carbonyl (C=O) groups is 1. The first-order valence-corrected chi connectivity index (χ1v) is 6.11. The number of carbonyl (C=O) groups excluding carboxylic acids is 1. The van der Waals surface area contributed by atoms with Crippen LogP contribution in [0, 0.1) is 0 Å². The zero-order chi connectivity index (χ0) is 13.8. The summed E-state index contributed by atoms with van der Waals surface area (Å²) >= 11 is 0. The van der Waals surface area contributed by atoms with Crippen molar-refractivity contribution in [3.05, 3.63) is 48.7 Å². The third kappa shape index (κ3) is 2.74. The van der Waals surface area contributed by atoms with Gasteiger partial charge < -0.3 is 15.1 Å². The van der Waals surface area contributed by atoms with Crippen molar-refractivity contribution in [3.63, 3.8) is 0 Å². The molecule has 1 amide bonds. The number of nitrogens with one attached hydrogen (secondary N) is 2. The smallest absolute Gasteiger partial charge is 0.296 e. The predicted molar refractivity (Wildman–Crippen MR) is 75.4 cm³/mol. The Morgan fingerprint density at radius 2 is 2.00 bits per heavy atom. The van der Waals surface area contributed by atoms with Crippen molar-refractivity contribution in [1.29, 1.82) is 0 Å². The standard InChI is InChI=1S/C14H12N4O2/c19-13(18-12-7-3-4-8-15-12)9-16-14-17-10-5-1-2-6-11(10)20-14/h1-8H,9H2,(H,16,17)(H,15,18,19). The van der Waals surface area contributed by atoms with Crippen molar-refractivity contribution >= 4 is 28.8 Å². The Kier molecular flexibility index (Phi) is 3.28. The molecule has 100 valence electrons. The zero-order valence-electron chi connectivity index (χ0n) is 10.5. The van der Waals surface area contributed by atoms with Crippen LogP contribution in [0.1, 0.15) is 0 Å². The molecule has 3 aromatic rings. The molecule has 0 spiro atoms. The molecular formula is C14H12N4O2. The van der Waals surface area contributed by atoms with Gasteiger partial charge in [0, 0.05) is 6.20 Å². The summed E-state index contributed by atoms with van der Waals surface area (Å²) in [6, 6.07) is 13.0. The second-order valence-electron chi connectivity index (χ2n) is 4.10. The SMILES string of the molecule is O=C(CNc1nc2ccccc2o1)Nc1ccccn1. The Balaban J connectivity index is 1.60. The maximum absolute atomic E-state index is 11.7. The molecule has 2 aromatic heterocycles. The maximum atomic E-state index is 11.7. The van der Waals surface area contributed by atoms with Gasteiger partial charge in [0.15, 0.2) is 5.58 Å². The molecule has 0 saturated carbocycles. The van der Waals surface area contributed by atoms with E-state index in [0.29, 0.717) is 17.4 Å². The van der Waals surface area contributed by atoms with Crippen LogP contribution < -0.4 is 10.6 Å². The second-order valence-corrected chi connectivity index (χ2v) is 4.10. The fourth-order valence-electron chi connectivity index (χ4n) is 1.73. The van der Waals surface area contributed by atoms with Gasteiger partial charge in [-0.05, 0) is 24.3 Å². The van der Waals surface area contributed by atoms with Gasteiger partial charge in [-0.25, -0.2) is 4.98 Å². The number of anilines is 2. The van der Waals surface area contributed by atoms with Crippen LogP contribution in [0.2, 0.25) is 0 Å². The summed E-state index contributed by atoms with van der Waals surface area (Å²) in [5.74, 6) is 0.294. The Morgan fingerprint density at radius 1 is 1.15 bits per heavy atom. The van der Waals surface area contributed by atoms with Crippen molar-refractivity contribution in [2.45, 2.75) is 0 Å². The third-order valence-electron chi connectivity index (χ3n) is 2.63. The molecule has 6 heteroatoms. The topological polar surface area (TPSA) is 80.0 Å². The van der Waals surface area contributed by atoms with Crippen LogP contribution in [0.25, 0.3) is 11.1 Å². The number of aromatic nitrogens is 2. The van der Waals surface area contributed by atoms with Crippen LogP contribution in [-0.4, -0.2) is 22.4 Å². The zero-order valence-corrected chi connectivity index (χ0v) is 10.5. The Labute approximate surface area is 114 Å². The summed E-state index contributed by atoms with van der Waals surface area (Å²) in [5.41, 5.74) is 1.43. The molecule has 0 atom stereocenters. The molecule has 3 rings (SSSR count). The number of benzene rings is 1. The first-order chi connectivity index (χ1) is 9.81. The monoisotopic (exact) mass is 268 g/mol. The first-order valence-electron chi connectivity index (χ1n) is 6.11. The van der Waals surface area contributed by atoms with E-state index in [4.69, 9.17) is 4.42 Å². The minimum atomic E-state index is -0.217. The lowest BCUT2D eigenvalue weighted by atomic mass is 10.3. The number of pyridine rings is 1. The molecule has 0 aliphatic heterocycles. The average Bonchev–Trinajstić information content (AvgIpc) is 2.89. The van der Waals surface area contributed by atoms with Gasteiger partial charge >= 0.3 is 0 Å². The molecule has 2 N–H and O–H groups in total. The third-order valence-corrected chi connectivity index (χ3v) is 2.63. The number of hydrogen-bond acceptors (Lipinski definition) is 5. The second kappa shape index (κ2) is 5.40. The van der Waals surface area contributed by atoms with Crippen LogP contribution >= 0.6 is 0 Å². The minimum Gasteiger partial charge on any atom is -0.424 e. The van der Waals surface area contributed by atoms with Crippen LogP contribution in [0.15, 0.2) is 53.1 Å². The van der Waals surface area contributed by atoms with Crippen LogP contribution in [0.5, 0.6) is 0 Å². The van der Waals surface area contributed by atoms with E-state index < -0.39 is 0 Å². The summed E-state index contributed by atoms with van der Waals surface area (Å²) < 4.78 is 5.45. The van der Waals surface area contributed by atoms with E-state index in [1.807, 2.05) is 24.3 Å². The number of fused-ring (bicyclic) bond motifs is 1. The predicted octanol–water partition coefficient (Wildman–Crippen LogP) is 2.27. The fraction of sp³-hybridized carbons (Fsp3) is 0.0714. The lowest BCUT2D eigenvalue weighted by Crippen LogP contribution is -2.22. The van der Waals surface area contributed by atoms with Crippen LogP contribution in [0.3, 0.4) is 0 Å². The number of hydrogen-bond donors (Lipinski definition) is 2. The first kappa shape index (κ1) is 12.2. The normalized spacial score (nSPS) is 10.4. The molecule has 1 aromatic carbocycles. The lowest BCUT2D eigenvalue weighted by molar-refractivity contribution is -0.114. The van der Waals surface area contributed by atoms with Crippen molar-refractivity contribution in [3.8, 4) is 0 Å². The summed E-state index contributed by atoms with van der Waals surface area (Å²) in [5, 5.41) is 5.50. The fourth-order valence-corrected chi connectivity index (χ4v) is 1.73. The van der Waals surface area contributed by atoms with Gasteiger partial charge in [-0.2, -0.15) is 4.98 Å². The molecule has 0 aliphatic rings. The summed E-state index contributed by atoms with van der Waals surface area (Å²) in [7, 11) is 0. The Bertz CT molecular complexity index is 691. The molecule has 0 unspecified atom stereocenters. The van der Waals surface area contributed by atoms with E-state index in [2.05, 4.69) is 20.6 Å². The highest BCUT2D eigenvalue weighted by molar-refractivity contribution is 5.92. The molecule has 2 heterocycles. The molecule has 0 aliphatic carbocycles. The average molecular weight is 268 g/mol. The molecule has 0 saturated heterocycles. The highest BCUT2D eigenvalue weighted by Crippen LogP contribution is 2.17. The van der Waals surface area contributed by atoms with Gasteiger partial charge in [0.2, 0.25) is 5.91 Å². The number of oxazole rings is 1. The van der Waals surface area contributed by atoms with E-state index >= 15 is 0 Å². The van der Waals surface area contributed by atoms with Gasteiger partial charge in [0.05, 0.1) is 6.54 Å². The highest BCUT2D eigenvalue weighted by atomic mass is 16.4. The molecule has 0 radical (unpaired) electrons. The van der Waals surface area contributed by atoms with E-state index in [1.54, 1.807) is 24.4 Å². The van der Waals surface area contributed by atoms with Crippen molar-refractivity contribution in [2.75, 3.05) is 17.2 Å².